The number of fused-ring (bicyclic) bond motifs is 1. The minimum absolute atomic E-state index is 0.213. The van der Waals surface area contributed by atoms with Gasteiger partial charge in [-0.05, 0) is 35.9 Å². The Kier molecular flexibility index (Phi) is 6.30. The predicted molar refractivity (Wildman–Crippen MR) is 130 cm³/mol. The van der Waals surface area contributed by atoms with Gasteiger partial charge in [0, 0.05) is 41.7 Å². The second-order valence-electron chi connectivity index (χ2n) is 8.13. The zero-order chi connectivity index (χ0) is 23.3. The molecule has 1 N–H and O–H groups in total. The van der Waals surface area contributed by atoms with Crippen molar-refractivity contribution in [1.29, 1.82) is 0 Å². The Morgan fingerprint density at radius 1 is 0.882 bits per heavy atom. The summed E-state index contributed by atoms with van der Waals surface area (Å²) in [5.74, 6) is 5.06. The Balaban J connectivity index is 1.34. The zero-order valence-corrected chi connectivity index (χ0v) is 18.6. The number of carbonyl (C=O) groups is 1. The molecule has 168 valence electrons. The summed E-state index contributed by atoms with van der Waals surface area (Å²) in [7, 11) is 0. The number of hydrogen-bond acceptors (Lipinski definition) is 5. The number of para-hydroxylation sites is 1. The molecule has 3 aromatic carbocycles. The highest BCUT2D eigenvalue weighted by Crippen LogP contribution is 2.26. The van der Waals surface area contributed by atoms with E-state index in [-0.39, 0.29) is 5.82 Å². The van der Waals surface area contributed by atoms with Crippen LogP contribution in [0.3, 0.4) is 0 Å². The Morgan fingerprint density at radius 3 is 2.21 bits per heavy atom. The van der Waals surface area contributed by atoms with Crippen LogP contribution in [0.2, 0.25) is 0 Å². The van der Waals surface area contributed by atoms with Crippen LogP contribution in [0.25, 0.3) is 22.2 Å². The molecule has 2 heterocycles. The predicted octanol–water partition coefficient (Wildman–Crippen LogP) is 4.23. The normalized spacial score (nSPS) is 13.9. The molecule has 0 spiro atoms. The van der Waals surface area contributed by atoms with Gasteiger partial charge >= 0.3 is 5.97 Å². The van der Waals surface area contributed by atoms with Crippen molar-refractivity contribution in [3.05, 3.63) is 95.3 Å². The topological polar surface area (TPSA) is 75.5 Å². The fraction of sp³-hybridized carbons (Fsp3) is 0.179. The fourth-order valence-electron chi connectivity index (χ4n) is 3.96. The molecule has 0 atom stereocenters. The first-order valence-electron chi connectivity index (χ1n) is 11.2. The van der Waals surface area contributed by atoms with E-state index in [1.807, 2.05) is 42.5 Å². The molecule has 5 rings (SSSR count). The molecule has 4 aromatic rings. The van der Waals surface area contributed by atoms with Crippen molar-refractivity contribution in [2.75, 3.05) is 26.3 Å². The lowest BCUT2D eigenvalue weighted by Gasteiger charge is -2.26. The van der Waals surface area contributed by atoms with Gasteiger partial charge in [0.2, 0.25) is 5.82 Å². The summed E-state index contributed by atoms with van der Waals surface area (Å²) in [6.07, 6.45) is 0. The van der Waals surface area contributed by atoms with Gasteiger partial charge in [-0.15, -0.1) is 0 Å². The molecule has 6 nitrogen and oxygen atoms in total. The quantitative estimate of drug-likeness (QED) is 0.470. The molecule has 1 aliphatic heterocycles. The van der Waals surface area contributed by atoms with Crippen molar-refractivity contribution in [2.45, 2.75) is 6.54 Å². The minimum Gasteiger partial charge on any atom is -0.475 e. The van der Waals surface area contributed by atoms with Crippen LogP contribution >= 0.6 is 0 Å². The fourth-order valence-corrected chi connectivity index (χ4v) is 3.96. The molecule has 1 fully saturated rings. The first kappa shape index (κ1) is 21.8. The number of morpholine rings is 1. The van der Waals surface area contributed by atoms with Crippen molar-refractivity contribution in [3.8, 4) is 23.1 Å². The molecule has 1 aromatic heterocycles. The molecular formula is C28H23N3O3. The largest absolute Gasteiger partial charge is 0.475 e. The zero-order valence-electron chi connectivity index (χ0n) is 18.6. The van der Waals surface area contributed by atoms with E-state index in [0.29, 0.717) is 11.2 Å². The Hall–Kier alpha value is -4.05. The van der Waals surface area contributed by atoms with Gasteiger partial charge in [0.25, 0.3) is 0 Å². The summed E-state index contributed by atoms with van der Waals surface area (Å²) >= 11 is 0. The van der Waals surface area contributed by atoms with Crippen LogP contribution in [0.15, 0.2) is 72.8 Å². The summed E-state index contributed by atoms with van der Waals surface area (Å²) in [5.41, 5.74) is 5.12. The second kappa shape index (κ2) is 9.84. The van der Waals surface area contributed by atoms with E-state index >= 15 is 0 Å². The van der Waals surface area contributed by atoms with E-state index < -0.39 is 5.97 Å². The summed E-state index contributed by atoms with van der Waals surface area (Å²) in [5, 5.41) is 10.2. The van der Waals surface area contributed by atoms with Crippen LogP contribution in [0.1, 0.15) is 27.3 Å². The number of aromatic carboxylic acids is 1. The first-order valence-corrected chi connectivity index (χ1v) is 11.2. The molecule has 1 saturated heterocycles. The molecule has 6 heteroatoms. The Labute approximate surface area is 197 Å². The number of carboxylic acids is 1. The average Bonchev–Trinajstić information content (AvgIpc) is 2.88. The SMILES string of the molecule is O=C(O)c1nc(-c2ccc(C#Cc3ccc(CN4CCOCC4)cc3)cc2)c2ccccc2n1. The smallest absolute Gasteiger partial charge is 0.373 e. The maximum atomic E-state index is 11.5. The third-order valence-electron chi connectivity index (χ3n) is 5.77. The van der Waals surface area contributed by atoms with Gasteiger partial charge in [0.05, 0.1) is 24.4 Å². The van der Waals surface area contributed by atoms with E-state index in [1.165, 1.54) is 5.56 Å². The lowest BCUT2D eigenvalue weighted by molar-refractivity contribution is 0.0342. The average molecular weight is 450 g/mol. The van der Waals surface area contributed by atoms with Crippen LogP contribution in [-0.4, -0.2) is 52.2 Å². The lowest BCUT2D eigenvalue weighted by Crippen LogP contribution is -2.35. The molecule has 0 amide bonds. The highest BCUT2D eigenvalue weighted by Gasteiger charge is 2.14. The van der Waals surface area contributed by atoms with Crippen molar-refractivity contribution < 1.29 is 14.6 Å². The van der Waals surface area contributed by atoms with E-state index in [4.69, 9.17) is 4.74 Å². The molecule has 0 aliphatic carbocycles. The van der Waals surface area contributed by atoms with Gasteiger partial charge < -0.3 is 9.84 Å². The molecular weight excluding hydrogens is 426 g/mol. The van der Waals surface area contributed by atoms with E-state index in [9.17, 15) is 9.90 Å². The number of nitrogens with zero attached hydrogens (tertiary/aromatic N) is 3. The van der Waals surface area contributed by atoms with E-state index in [0.717, 1.165) is 54.9 Å². The van der Waals surface area contributed by atoms with Crippen molar-refractivity contribution in [3.63, 3.8) is 0 Å². The monoisotopic (exact) mass is 449 g/mol. The summed E-state index contributed by atoms with van der Waals surface area (Å²) in [4.78, 5) is 22.3. The third-order valence-corrected chi connectivity index (χ3v) is 5.77. The molecule has 0 unspecified atom stereocenters. The van der Waals surface area contributed by atoms with Crippen LogP contribution in [0, 0.1) is 11.8 Å². The number of hydrogen-bond donors (Lipinski definition) is 1. The Morgan fingerprint density at radius 2 is 1.53 bits per heavy atom. The van der Waals surface area contributed by atoms with E-state index in [1.54, 1.807) is 6.07 Å². The van der Waals surface area contributed by atoms with Crippen LogP contribution < -0.4 is 0 Å². The van der Waals surface area contributed by atoms with Crippen molar-refractivity contribution in [2.24, 2.45) is 0 Å². The lowest BCUT2D eigenvalue weighted by atomic mass is 10.0. The maximum absolute atomic E-state index is 11.5. The standard InChI is InChI=1S/C28H23N3O3/c32-28(33)27-29-25-4-2-1-3-24(25)26(30-27)23-13-11-21(12-14-23)6-5-20-7-9-22(10-8-20)19-31-15-17-34-18-16-31/h1-4,7-14H,15-19H2,(H,32,33). The highest BCUT2D eigenvalue weighted by molar-refractivity contribution is 5.95. The Bertz CT molecular complexity index is 1380. The molecule has 1 aliphatic rings. The van der Waals surface area contributed by atoms with Gasteiger partial charge in [0.15, 0.2) is 0 Å². The van der Waals surface area contributed by atoms with Crippen molar-refractivity contribution in [1.82, 2.24) is 14.9 Å². The van der Waals surface area contributed by atoms with Crippen LogP contribution in [0.4, 0.5) is 0 Å². The number of ether oxygens (including phenoxy) is 1. The van der Waals surface area contributed by atoms with Gasteiger partial charge in [-0.2, -0.15) is 0 Å². The summed E-state index contributed by atoms with van der Waals surface area (Å²) in [6, 6.07) is 23.4. The molecule has 0 saturated carbocycles. The number of benzene rings is 3. The molecule has 0 bridgehead atoms. The summed E-state index contributed by atoms with van der Waals surface area (Å²) < 4.78 is 5.41. The van der Waals surface area contributed by atoms with E-state index in [2.05, 4.69) is 51.0 Å². The maximum Gasteiger partial charge on any atom is 0.373 e. The van der Waals surface area contributed by atoms with Gasteiger partial charge in [0.1, 0.15) is 0 Å². The number of aromatic nitrogens is 2. The number of carboxylic acid groups (broad SMARTS) is 1. The second-order valence-corrected chi connectivity index (χ2v) is 8.13. The molecule has 0 radical (unpaired) electrons. The van der Waals surface area contributed by atoms with Gasteiger partial charge in [-0.3, -0.25) is 4.90 Å². The number of rotatable bonds is 4. The highest BCUT2D eigenvalue weighted by atomic mass is 16.5. The van der Waals surface area contributed by atoms with Crippen LogP contribution in [0.5, 0.6) is 0 Å². The minimum atomic E-state index is -1.15. The third kappa shape index (κ3) is 4.96. The molecule has 34 heavy (non-hydrogen) atoms. The van der Waals surface area contributed by atoms with Gasteiger partial charge in [-0.1, -0.05) is 54.3 Å². The van der Waals surface area contributed by atoms with Crippen LogP contribution in [-0.2, 0) is 11.3 Å². The van der Waals surface area contributed by atoms with Crippen molar-refractivity contribution >= 4 is 16.9 Å². The first-order chi connectivity index (χ1) is 16.7. The summed E-state index contributed by atoms with van der Waals surface area (Å²) in [6.45, 7) is 4.48. The van der Waals surface area contributed by atoms with Gasteiger partial charge in [-0.25, -0.2) is 14.8 Å².